The Balaban J connectivity index is 2.54. The Morgan fingerprint density at radius 2 is 2.00 bits per heavy atom. The van der Waals surface area contributed by atoms with Crippen molar-refractivity contribution in [1.29, 1.82) is 0 Å². The first-order valence-electron chi connectivity index (χ1n) is 6.80. The van der Waals surface area contributed by atoms with E-state index in [1.54, 1.807) is 18.9 Å². The second kappa shape index (κ2) is 6.75. The molecule has 6 nitrogen and oxygen atoms in total. The number of nitrogens with zero attached hydrogens (tertiary/aromatic N) is 2. The fourth-order valence-corrected chi connectivity index (χ4v) is 2.43. The van der Waals surface area contributed by atoms with Crippen LogP contribution in [0.1, 0.15) is 39.0 Å². The van der Waals surface area contributed by atoms with Crippen LogP contribution in [0.5, 0.6) is 0 Å². The molecule has 6 heteroatoms. The highest BCUT2D eigenvalue weighted by Gasteiger charge is 2.46. The first kappa shape index (κ1) is 15.8. The average Bonchev–Trinajstić information content (AvgIpc) is 2.77. The molecule has 0 radical (unpaired) electrons. The molecule has 0 saturated carbocycles. The number of carboxylic acid groups (broad SMARTS) is 1. The molecule has 19 heavy (non-hydrogen) atoms. The molecule has 1 rings (SSSR count). The molecule has 1 atom stereocenters. The lowest BCUT2D eigenvalue weighted by molar-refractivity contribution is -0.147. The fourth-order valence-electron chi connectivity index (χ4n) is 2.43. The molecule has 1 aliphatic rings. The summed E-state index contributed by atoms with van der Waals surface area (Å²) in [6, 6.07) is -0.216. The molecule has 110 valence electrons. The zero-order valence-electron chi connectivity index (χ0n) is 11.8. The SMILES string of the molecule is CN(CCCCCO)C(=O)N1CCCC1(C)C(=O)O. The lowest BCUT2D eigenvalue weighted by Crippen LogP contribution is -2.54. The Kier molecular flexibility index (Phi) is 5.60. The zero-order chi connectivity index (χ0) is 14.5. The normalized spacial score (nSPS) is 22.6. The third-order valence-electron chi connectivity index (χ3n) is 3.81. The standard InChI is InChI=1S/C13H24N2O4/c1-13(11(17)18)7-6-9-15(13)12(19)14(2)8-4-3-5-10-16/h16H,3-10H2,1-2H3,(H,17,18). The summed E-state index contributed by atoms with van der Waals surface area (Å²) in [6.45, 7) is 2.87. The minimum Gasteiger partial charge on any atom is -0.480 e. The summed E-state index contributed by atoms with van der Waals surface area (Å²) >= 11 is 0. The summed E-state index contributed by atoms with van der Waals surface area (Å²) in [7, 11) is 1.70. The summed E-state index contributed by atoms with van der Waals surface area (Å²) in [6.07, 6.45) is 3.66. The van der Waals surface area contributed by atoms with Gasteiger partial charge in [-0.15, -0.1) is 0 Å². The van der Waals surface area contributed by atoms with Gasteiger partial charge in [-0.1, -0.05) is 0 Å². The Bertz CT molecular complexity index is 335. The van der Waals surface area contributed by atoms with Crippen molar-refractivity contribution < 1.29 is 19.8 Å². The summed E-state index contributed by atoms with van der Waals surface area (Å²) in [5.41, 5.74) is -1.07. The van der Waals surface area contributed by atoms with E-state index in [9.17, 15) is 14.7 Å². The fraction of sp³-hybridized carbons (Fsp3) is 0.846. The second-order valence-corrected chi connectivity index (χ2v) is 5.32. The molecule has 1 unspecified atom stereocenters. The Hall–Kier alpha value is -1.30. The first-order chi connectivity index (χ1) is 8.93. The number of hydrogen-bond acceptors (Lipinski definition) is 3. The lowest BCUT2D eigenvalue weighted by Gasteiger charge is -2.34. The van der Waals surface area contributed by atoms with Gasteiger partial charge in [0.25, 0.3) is 0 Å². The van der Waals surface area contributed by atoms with Crippen molar-refractivity contribution in [3.8, 4) is 0 Å². The van der Waals surface area contributed by atoms with Gasteiger partial charge in [0.15, 0.2) is 0 Å². The number of likely N-dealkylation sites (tertiary alicyclic amines) is 1. The number of hydrogen-bond donors (Lipinski definition) is 2. The van der Waals surface area contributed by atoms with E-state index in [0.29, 0.717) is 19.5 Å². The van der Waals surface area contributed by atoms with Crippen LogP contribution in [0.15, 0.2) is 0 Å². The maximum atomic E-state index is 12.3. The van der Waals surface area contributed by atoms with Crippen molar-refractivity contribution in [2.24, 2.45) is 0 Å². The van der Waals surface area contributed by atoms with E-state index in [-0.39, 0.29) is 12.6 Å². The van der Waals surface area contributed by atoms with Gasteiger partial charge >= 0.3 is 12.0 Å². The van der Waals surface area contributed by atoms with Gasteiger partial charge in [-0.05, 0) is 39.0 Å². The molecule has 2 amide bonds. The van der Waals surface area contributed by atoms with Gasteiger partial charge in [-0.25, -0.2) is 9.59 Å². The maximum absolute atomic E-state index is 12.3. The van der Waals surface area contributed by atoms with E-state index in [1.165, 1.54) is 4.90 Å². The number of unbranched alkanes of at least 4 members (excludes halogenated alkanes) is 2. The smallest absolute Gasteiger partial charge is 0.329 e. The van der Waals surface area contributed by atoms with Gasteiger partial charge in [0.1, 0.15) is 5.54 Å². The topological polar surface area (TPSA) is 81.1 Å². The molecule has 0 aromatic heterocycles. The van der Waals surface area contributed by atoms with Crippen LogP contribution in [0.4, 0.5) is 4.79 Å². The maximum Gasteiger partial charge on any atom is 0.329 e. The van der Waals surface area contributed by atoms with E-state index in [2.05, 4.69) is 0 Å². The van der Waals surface area contributed by atoms with E-state index in [0.717, 1.165) is 25.7 Å². The molecule has 1 heterocycles. The third-order valence-corrected chi connectivity index (χ3v) is 3.81. The van der Waals surface area contributed by atoms with Crippen LogP contribution in [-0.2, 0) is 4.79 Å². The quantitative estimate of drug-likeness (QED) is 0.710. The van der Waals surface area contributed by atoms with E-state index < -0.39 is 11.5 Å². The highest BCUT2D eigenvalue weighted by molar-refractivity contribution is 5.86. The van der Waals surface area contributed by atoms with E-state index >= 15 is 0 Å². The van der Waals surface area contributed by atoms with Gasteiger partial charge in [0, 0.05) is 26.7 Å². The number of urea groups is 1. The monoisotopic (exact) mass is 272 g/mol. The van der Waals surface area contributed by atoms with Gasteiger partial charge in [0.05, 0.1) is 0 Å². The number of aliphatic hydroxyl groups excluding tert-OH is 1. The van der Waals surface area contributed by atoms with Crippen molar-refractivity contribution >= 4 is 12.0 Å². The van der Waals surface area contributed by atoms with Crippen molar-refractivity contribution in [3.05, 3.63) is 0 Å². The average molecular weight is 272 g/mol. The van der Waals surface area contributed by atoms with E-state index in [1.807, 2.05) is 0 Å². The molecule has 0 aromatic carbocycles. The van der Waals surface area contributed by atoms with Crippen LogP contribution in [0.3, 0.4) is 0 Å². The number of amides is 2. The lowest BCUT2D eigenvalue weighted by atomic mass is 10.00. The van der Waals surface area contributed by atoms with Crippen LogP contribution in [0.2, 0.25) is 0 Å². The van der Waals surface area contributed by atoms with Crippen molar-refractivity contribution in [2.45, 2.75) is 44.6 Å². The van der Waals surface area contributed by atoms with E-state index in [4.69, 9.17) is 5.11 Å². The van der Waals surface area contributed by atoms with Gasteiger partial charge < -0.3 is 20.0 Å². The summed E-state index contributed by atoms with van der Waals surface area (Å²) < 4.78 is 0. The summed E-state index contributed by atoms with van der Waals surface area (Å²) in [5.74, 6) is -0.938. The number of carbonyl (C=O) groups is 2. The Morgan fingerprint density at radius 3 is 2.58 bits per heavy atom. The largest absolute Gasteiger partial charge is 0.480 e. The number of carboxylic acids is 1. The van der Waals surface area contributed by atoms with Crippen LogP contribution >= 0.6 is 0 Å². The highest BCUT2D eigenvalue weighted by atomic mass is 16.4. The number of rotatable bonds is 6. The zero-order valence-corrected chi connectivity index (χ0v) is 11.8. The number of aliphatic hydroxyl groups is 1. The predicted octanol–water partition coefficient (Wildman–Crippen LogP) is 1.14. The van der Waals surface area contributed by atoms with Crippen LogP contribution in [0.25, 0.3) is 0 Å². The van der Waals surface area contributed by atoms with Crippen LogP contribution in [0, 0.1) is 0 Å². The van der Waals surface area contributed by atoms with Crippen molar-refractivity contribution in [3.63, 3.8) is 0 Å². The van der Waals surface area contributed by atoms with Crippen molar-refractivity contribution in [1.82, 2.24) is 9.80 Å². The number of carbonyl (C=O) groups excluding carboxylic acids is 1. The number of aliphatic carboxylic acids is 1. The van der Waals surface area contributed by atoms with Crippen LogP contribution < -0.4 is 0 Å². The molecular formula is C13H24N2O4. The molecule has 1 fully saturated rings. The molecular weight excluding hydrogens is 248 g/mol. The molecule has 2 N–H and O–H groups in total. The molecule has 0 bridgehead atoms. The summed E-state index contributed by atoms with van der Waals surface area (Å²) in [4.78, 5) is 26.6. The first-order valence-corrected chi connectivity index (χ1v) is 6.80. The minimum absolute atomic E-state index is 0.168. The molecule has 0 spiro atoms. The van der Waals surface area contributed by atoms with Gasteiger partial charge in [0.2, 0.25) is 0 Å². The Morgan fingerprint density at radius 1 is 1.32 bits per heavy atom. The van der Waals surface area contributed by atoms with Crippen molar-refractivity contribution in [2.75, 3.05) is 26.7 Å². The summed E-state index contributed by atoms with van der Waals surface area (Å²) in [5, 5.41) is 18.0. The molecule has 1 aliphatic heterocycles. The van der Waals surface area contributed by atoms with Crippen LogP contribution in [-0.4, -0.2) is 64.3 Å². The predicted molar refractivity (Wildman–Crippen MR) is 70.9 cm³/mol. The minimum atomic E-state index is -1.07. The molecule has 0 aromatic rings. The molecule has 0 aliphatic carbocycles. The third kappa shape index (κ3) is 3.59. The highest BCUT2D eigenvalue weighted by Crippen LogP contribution is 2.30. The second-order valence-electron chi connectivity index (χ2n) is 5.32. The van der Waals surface area contributed by atoms with Gasteiger partial charge in [-0.2, -0.15) is 0 Å². The molecule has 1 saturated heterocycles. The van der Waals surface area contributed by atoms with Gasteiger partial charge in [-0.3, -0.25) is 0 Å². The Labute approximate surface area is 114 Å².